The topological polar surface area (TPSA) is 47.8 Å². The highest BCUT2D eigenvalue weighted by Gasteiger charge is 2.16. The average molecular weight is 250 g/mol. The standard InChI is InChI=1S/C12H12ClN3O/c1-3-10-9(7-17)12(13)16(15-10)11-6-8(2)4-5-14-11/h4-7H,3H2,1-2H3. The van der Waals surface area contributed by atoms with Gasteiger partial charge in [-0.1, -0.05) is 18.5 Å². The molecule has 0 spiro atoms. The molecule has 0 saturated carbocycles. The van der Waals surface area contributed by atoms with E-state index in [-0.39, 0.29) is 0 Å². The Labute approximate surface area is 104 Å². The lowest BCUT2D eigenvalue weighted by molar-refractivity contribution is 0.112. The lowest BCUT2D eigenvalue weighted by Crippen LogP contribution is -2.00. The monoisotopic (exact) mass is 249 g/mol. The van der Waals surface area contributed by atoms with E-state index < -0.39 is 0 Å². The minimum atomic E-state index is 0.315. The number of carbonyl (C=O) groups excluding carboxylic acids is 1. The van der Waals surface area contributed by atoms with E-state index in [0.29, 0.717) is 28.6 Å². The highest BCUT2D eigenvalue weighted by molar-refractivity contribution is 6.32. The van der Waals surface area contributed by atoms with Gasteiger partial charge in [-0.2, -0.15) is 5.10 Å². The van der Waals surface area contributed by atoms with Gasteiger partial charge in [0, 0.05) is 6.20 Å². The van der Waals surface area contributed by atoms with E-state index in [2.05, 4.69) is 10.1 Å². The SMILES string of the molecule is CCc1nn(-c2cc(C)ccn2)c(Cl)c1C=O. The Balaban J connectivity index is 2.60. The van der Waals surface area contributed by atoms with E-state index in [0.717, 1.165) is 11.8 Å². The van der Waals surface area contributed by atoms with Crippen LogP contribution >= 0.6 is 11.6 Å². The lowest BCUT2D eigenvalue weighted by Gasteiger charge is -2.02. The summed E-state index contributed by atoms with van der Waals surface area (Å²) in [6.07, 6.45) is 3.09. The van der Waals surface area contributed by atoms with E-state index >= 15 is 0 Å². The van der Waals surface area contributed by atoms with Gasteiger partial charge in [0.15, 0.2) is 12.1 Å². The minimum Gasteiger partial charge on any atom is -0.298 e. The molecule has 0 aliphatic rings. The predicted octanol–water partition coefficient (Wildman–Crippen LogP) is 2.60. The van der Waals surface area contributed by atoms with Crippen LogP contribution in [-0.4, -0.2) is 21.1 Å². The molecule has 2 heterocycles. The second kappa shape index (κ2) is 4.67. The molecule has 5 heteroatoms. The van der Waals surface area contributed by atoms with Crippen molar-refractivity contribution < 1.29 is 4.79 Å². The van der Waals surface area contributed by atoms with Crippen LogP contribution in [0.4, 0.5) is 0 Å². The normalized spacial score (nSPS) is 10.5. The maximum Gasteiger partial charge on any atom is 0.155 e. The molecule has 88 valence electrons. The maximum absolute atomic E-state index is 11.0. The van der Waals surface area contributed by atoms with Crippen molar-refractivity contribution in [2.45, 2.75) is 20.3 Å². The third-order valence-corrected chi connectivity index (χ3v) is 2.87. The van der Waals surface area contributed by atoms with Crippen LogP contribution in [0.5, 0.6) is 0 Å². The number of hydrogen-bond donors (Lipinski definition) is 0. The number of aromatic nitrogens is 3. The van der Waals surface area contributed by atoms with Crippen LogP contribution in [0.25, 0.3) is 5.82 Å². The summed E-state index contributed by atoms with van der Waals surface area (Å²) in [6, 6.07) is 3.76. The Morgan fingerprint density at radius 3 is 2.82 bits per heavy atom. The molecule has 2 aromatic heterocycles. The largest absolute Gasteiger partial charge is 0.298 e. The molecule has 4 nitrogen and oxygen atoms in total. The molecule has 0 atom stereocenters. The first-order valence-corrected chi connectivity index (χ1v) is 5.70. The smallest absolute Gasteiger partial charge is 0.155 e. The van der Waals surface area contributed by atoms with Crippen molar-refractivity contribution in [3.8, 4) is 5.82 Å². The number of hydrogen-bond acceptors (Lipinski definition) is 3. The van der Waals surface area contributed by atoms with Gasteiger partial charge in [-0.15, -0.1) is 0 Å². The summed E-state index contributed by atoms with van der Waals surface area (Å²) < 4.78 is 1.50. The van der Waals surface area contributed by atoms with E-state index in [4.69, 9.17) is 11.6 Å². The Morgan fingerprint density at radius 1 is 1.53 bits per heavy atom. The van der Waals surface area contributed by atoms with E-state index in [9.17, 15) is 4.79 Å². The van der Waals surface area contributed by atoms with Gasteiger partial charge in [0.05, 0.1) is 11.3 Å². The summed E-state index contributed by atoms with van der Waals surface area (Å²) >= 11 is 6.12. The number of rotatable bonds is 3. The zero-order valence-corrected chi connectivity index (χ0v) is 10.4. The molecular weight excluding hydrogens is 238 g/mol. The van der Waals surface area contributed by atoms with Crippen LogP contribution < -0.4 is 0 Å². The van der Waals surface area contributed by atoms with Gasteiger partial charge >= 0.3 is 0 Å². The second-order valence-corrected chi connectivity index (χ2v) is 4.08. The first kappa shape index (κ1) is 11.8. The minimum absolute atomic E-state index is 0.315. The summed E-state index contributed by atoms with van der Waals surface area (Å²) in [5.41, 5.74) is 2.19. The summed E-state index contributed by atoms with van der Waals surface area (Å²) in [5, 5.41) is 4.62. The van der Waals surface area contributed by atoms with Gasteiger partial charge in [0.1, 0.15) is 5.15 Å². The summed E-state index contributed by atoms with van der Waals surface area (Å²) in [5.74, 6) is 0.623. The molecule has 0 amide bonds. The number of aryl methyl sites for hydroxylation is 2. The maximum atomic E-state index is 11.0. The van der Waals surface area contributed by atoms with E-state index in [1.54, 1.807) is 6.20 Å². The van der Waals surface area contributed by atoms with Gasteiger partial charge in [-0.05, 0) is 31.0 Å². The van der Waals surface area contributed by atoms with Crippen molar-refractivity contribution in [1.29, 1.82) is 0 Å². The van der Waals surface area contributed by atoms with Crippen LogP contribution in [0.15, 0.2) is 18.3 Å². The molecular formula is C12H12ClN3O. The van der Waals surface area contributed by atoms with Crippen LogP contribution in [0.1, 0.15) is 28.5 Å². The molecule has 0 aromatic carbocycles. The molecule has 0 fully saturated rings. The first-order valence-electron chi connectivity index (χ1n) is 5.33. The van der Waals surface area contributed by atoms with Crippen molar-refractivity contribution in [3.63, 3.8) is 0 Å². The number of nitrogens with zero attached hydrogens (tertiary/aromatic N) is 3. The second-order valence-electron chi connectivity index (χ2n) is 3.73. The molecule has 0 aliphatic heterocycles. The summed E-state index contributed by atoms with van der Waals surface area (Å²) in [7, 11) is 0. The highest BCUT2D eigenvalue weighted by Crippen LogP contribution is 2.22. The Hall–Kier alpha value is -1.68. The fourth-order valence-corrected chi connectivity index (χ4v) is 1.90. The van der Waals surface area contributed by atoms with Gasteiger partial charge < -0.3 is 0 Å². The van der Waals surface area contributed by atoms with Gasteiger partial charge in [-0.3, -0.25) is 4.79 Å². The Morgan fingerprint density at radius 2 is 2.29 bits per heavy atom. The van der Waals surface area contributed by atoms with Crippen LogP contribution in [0, 0.1) is 6.92 Å². The summed E-state index contributed by atoms with van der Waals surface area (Å²) in [6.45, 7) is 3.89. The zero-order chi connectivity index (χ0) is 12.4. The molecule has 0 radical (unpaired) electrons. The van der Waals surface area contributed by atoms with Crippen molar-refractivity contribution in [2.24, 2.45) is 0 Å². The molecule has 0 aliphatic carbocycles. The lowest BCUT2D eigenvalue weighted by atomic mass is 10.2. The van der Waals surface area contributed by atoms with E-state index in [1.807, 2.05) is 26.0 Å². The number of aldehydes is 1. The Kier molecular flexibility index (Phi) is 3.24. The fourth-order valence-electron chi connectivity index (χ4n) is 1.62. The molecule has 2 rings (SSSR count). The molecule has 2 aromatic rings. The first-order chi connectivity index (χ1) is 8.17. The Bertz CT molecular complexity index is 563. The van der Waals surface area contributed by atoms with Gasteiger partial charge in [-0.25, -0.2) is 9.67 Å². The van der Waals surface area contributed by atoms with Crippen molar-refractivity contribution in [1.82, 2.24) is 14.8 Å². The molecule has 0 unspecified atom stereocenters. The van der Waals surface area contributed by atoms with Crippen molar-refractivity contribution in [3.05, 3.63) is 40.3 Å². The van der Waals surface area contributed by atoms with Crippen LogP contribution in [-0.2, 0) is 6.42 Å². The number of pyridine rings is 1. The van der Waals surface area contributed by atoms with Crippen LogP contribution in [0.3, 0.4) is 0 Å². The zero-order valence-electron chi connectivity index (χ0n) is 9.64. The quantitative estimate of drug-likeness (QED) is 0.786. The third kappa shape index (κ3) is 2.08. The van der Waals surface area contributed by atoms with Crippen molar-refractivity contribution >= 4 is 17.9 Å². The number of carbonyl (C=O) groups is 1. The van der Waals surface area contributed by atoms with Crippen molar-refractivity contribution in [2.75, 3.05) is 0 Å². The molecule has 0 saturated heterocycles. The van der Waals surface area contributed by atoms with Gasteiger partial charge in [0.25, 0.3) is 0 Å². The fraction of sp³-hybridized carbons (Fsp3) is 0.250. The van der Waals surface area contributed by atoms with Crippen LogP contribution in [0.2, 0.25) is 5.15 Å². The molecule has 17 heavy (non-hydrogen) atoms. The molecule has 0 N–H and O–H groups in total. The molecule has 0 bridgehead atoms. The summed E-state index contributed by atoms with van der Waals surface area (Å²) in [4.78, 5) is 15.2. The highest BCUT2D eigenvalue weighted by atomic mass is 35.5. The van der Waals surface area contributed by atoms with Gasteiger partial charge in [0.2, 0.25) is 0 Å². The third-order valence-electron chi connectivity index (χ3n) is 2.51. The number of halogens is 1. The average Bonchev–Trinajstić information content (AvgIpc) is 2.65. The van der Waals surface area contributed by atoms with E-state index in [1.165, 1.54) is 4.68 Å². The predicted molar refractivity (Wildman–Crippen MR) is 65.9 cm³/mol.